The van der Waals surface area contributed by atoms with Gasteiger partial charge in [-0.15, -0.1) is 0 Å². The summed E-state index contributed by atoms with van der Waals surface area (Å²) in [5, 5.41) is 0.414. The van der Waals surface area contributed by atoms with Crippen LogP contribution in [-0.2, 0) is 10.2 Å². The number of hydrogen-bond donors (Lipinski definition) is 0. The van der Waals surface area contributed by atoms with Crippen LogP contribution in [0.15, 0.2) is 6.07 Å². The molecule has 0 aromatic carbocycles. The zero-order chi connectivity index (χ0) is 13.2. The third kappa shape index (κ3) is 3.56. The number of nitrogens with zero attached hydrogens (tertiary/aromatic N) is 2. The maximum Gasteiger partial charge on any atom is 0.218 e. The number of halogens is 1. The summed E-state index contributed by atoms with van der Waals surface area (Å²) in [5.41, 5.74) is -0.146. The lowest BCUT2D eigenvalue weighted by atomic mass is 9.96. The normalized spacial score (nSPS) is 20.1. The van der Waals surface area contributed by atoms with Gasteiger partial charge in [-0.05, 0) is 12.8 Å². The summed E-state index contributed by atoms with van der Waals surface area (Å²) in [4.78, 5) is 8.62. The monoisotopic (exact) mass is 270 g/mol. The Kier molecular flexibility index (Phi) is 4.07. The summed E-state index contributed by atoms with van der Waals surface area (Å²) in [6.07, 6.45) is 2.33. The Labute approximate surface area is 113 Å². The summed E-state index contributed by atoms with van der Waals surface area (Å²) in [7, 11) is 0. The van der Waals surface area contributed by atoms with Gasteiger partial charge in [-0.25, -0.2) is 4.98 Å². The Hall–Kier alpha value is -0.870. The fourth-order valence-corrected chi connectivity index (χ4v) is 1.93. The van der Waals surface area contributed by atoms with Gasteiger partial charge < -0.3 is 9.47 Å². The van der Waals surface area contributed by atoms with Crippen molar-refractivity contribution < 1.29 is 9.47 Å². The molecule has 0 saturated carbocycles. The first kappa shape index (κ1) is 13.6. The number of rotatable bonds is 3. The van der Waals surface area contributed by atoms with Crippen LogP contribution in [-0.4, -0.2) is 29.3 Å². The minimum atomic E-state index is -0.146. The van der Waals surface area contributed by atoms with Crippen molar-refractivity contribution in [3.8, 4) is 5.88 Å². The average molecular weight is 271 g/mol. The Bertz CT molecular complexity index is 412. The fourth-order valence-electron chi connectivity index (χ4n) is 1.76. The Morgan fingerprint density at radius 1 is 1.44 bits per heavy atom. The van der Waals surface area contributed by atoms with Crippen LogP contribution in [0.5, 0.6) is 5.88 Å². The molecule has 1 atom stereocenters. The highest BCUT2D eigenvalue weighted by atomic mass is 35.5. The zero-order valence-electron chi connectivity index (χ0n) is 11.1. The molecular formula is C13H19ClN2O2. The molecule has 1 unspecified atom stereocenters. The predicted molar refractivity (Wildman–Crippen MR) is 70.2 cm³/mol. The molecule has 0 amide bonds. The van der Waals surface area contributed by atoms with Gasteiger partial charge in [0.05, 0.1) is 6.10 Å². The van der Waals surface area contributed by atoms with Crippen molar-refractivity contribution in [1.82, 2.24) is 9.97 Å². The molecule has 100 valence electrons. The van der Waals surface area contributed by atoms with E-state index in [1.807, 2.05) is 20.8 Å². The van der Waals surface area contributed by atoms with E-state index in [0.717, 1.165) is 19.4 Å². The van der Waals surface area contributed by atoms with Gasteiger partial charge in [0.25, 0.3) is 0 Å². The van der Waals surface area contributed by atoms with Gasteiger partial charge in [-0.3, -0.25) is 0 Å². The topological polar surface area (TPSA) is 44.2 Å². The van der Waals surface area contributed by atoms with Crippen LogP contribution < -0.4 is 4.74 Å². The van der Waals surface area contributed by atoms with Crippen LogP contribution in [0.4, 0.5) is 0 Å². The highest BCUT2D eigenvalue weighted by molar-refractivity contribution is 6.29. The smallest absolute Gasteiger partial charge is 0.218 e. The zero-order valence-corrected chi connectivity index (χ0v) is 11.8. The molecule has 1 aliphatic heterocycles. The molecule has 0 radical (unpaired) electrons. The molecule has 1 aliphatic rings. The Balaban J connectivity index is 2.05. The molecule has 0 aliphatic carbocycles. The van der Waals surface area contributed by atoms with Crippen molar-refractivity contribution in [2.45, 2.75) is 45.1 Å². The molecule has 0 bridgehead atoms. The van der Waals surface area contributed by atoms with E-state index in [4.69, 9.17) is 21.1 Å². The summed E-state index contributed by atoms with van der Waals surface area (Å²) < 4.78 is 11.1. The first-order valence-corrected chi connectivity index (χ1v) is 6.62. The largest absolute Gasteiger partial charge is 0.475 e. The summed E-state index contributed by atoms with van der Waals surface area (Å²) in [6.45, 7) is 7.48. The first-order valence-electron chi connectivity index (χ1n) is 6.24. The molecule has 1 saturated heterocycles. The van der Waals surface area contributed by atoms with Gasteiger partial charge in [0.2, 0.25) is 5.88 Å². The van der Waals surface area contributed by atoms with E-state index in [9.17, 15) is 0 Å². The van der Waals surface area contributed by atoms with Crippen LogP contribution in [0.25, 0.3) is 0 Å². The van der Waals surface area contributed by atoms with Crippen LogP contribution >= 0.6 is 11.6 Å². The quantitative estimate of drug-likeness (QED) is 0.792. The van der Waals surface area contributed by atoms with Crippen molar-refractivity contribution in [2.75, 3.05) is 13.2 Å². The van der Waals surface area contributed by atoms with Gasteiger partial charge in [-0.1, -0.05) is 32.4 Å². The van der Waals surface area contributed by atoms with Crippen molar-refractivity contribution in [1.29, 1.82) is 0 Å². The average Bonchev–Trinajstić information content (AvgIpc) is 2.77. The standard InChI is InChI=1S/C13H19ClN2O2/c1-13(2,3)12-15-10(14)7-11(16-12)18-8-9-5-4-6-17-9/h7,9H,4-6,8H2,1-3H3. The van der Waals surface area contributed by atoms with E-state index >= 15 is 0 Å². The van der Waals surface area contributed by atoms with E-state index in [-0.39, 0.29) is 11.5 Å². The second kappa shape index (κ2) is 5.41. The molecule has 18 heavy (non-hydrogen) atoms. The SMILES string of the molecule is CC(C)(C)c1nc(Cl)cc(OCC2CCCO2)n1. The highest BCUT2D eigenvalue weighted by Gasteiger charge is 2.20. The van der Waals surface area contributed by atoms with E-state index in [0.29, 0.717) is 23.5 Å². The number of hydrogen-bond acceptors (Lipinski definition) is 4. The second-order valence-corrected chi connectivity index (χ2v) is 5.94. The van der Waals surface area contributed by atoms with E-state index in [2.05, 4.69) is 9.97 Å². The van der Waals surface area contributed by atoms with Crippen molar-refractivity contribution in [2.24, 2.45) is 0 Å². The van der Waals surface area contributed by atoms with E-state index < -0.39 is 0 Å². The van der Waals surface area contributed by atoms with Crippen LogP contribution in [0.2, 0.25) is 5.15 Å². The minimum Gasteiger partial charge on any atom is -0.475 e. The van der Waals surface area contributed by atoms with Crippen LogP contribution in [0.3, 0.4) is 0 Å². The lowest BCUT2D eigenvalue weighted by Crippen LogP contribution is -2.19. The number of aromatic nitrogens is 2. The van der Waals surface area contributed by atoms with Gasteiger partial charge in [0, 0.05) is 18.1 Å². The predicted octanol–water partition coefficient (Wildman–Crippen LogP) is 2.99. The van der Waals surface area contributed by atoms with Gasteiger partial charge >= 0.3 is 0 Å². The van der Waals surface area contributed by atoms with Crippen molar-refractivity contribution in [3.63, 3.8) is 0 Å². The Morgan fingerprint density at radius 3 is 2.83 bits per heavy atom. The second-order valence-electron chi connectivity index (χ2n) is 5.55. The van der Waals surface area contributed by atoms with Gasteiger partial charge in [-0.2, -0.15) is 4.98 Å². The Morgan fingerprint density at radius 2 is 2.22 bits per heavy atom. The molecular weight excluding hydrogens is 252 g/mol. The lowest BCUT2D eigenvalue weighted by molar-refractivity contribution is 0.0661. The van der Waals surface area contributed by atoms with Crippen LogP contribution in [0, 0.1) is 0 Å². The molecule has 1 fully saturated rings. The van der Waals surface area contributed by atoms with Gasteiger partial charge in [0.15, 0.2) is 0 Å². The molecule has 0 N–H and O–H groups in total. The maximum atomic E-state index is 5.99. The number of ether oxygens (including phenoxy) is 2. The van der Waals surface area contributed by atoms with Gasteiger partial charge in [0.1, 0.15) is 17.6 Å². The third-order valence-electron chi connectivity index (χ3n) is 2.78. The molecule has 4 nitrogen and oxygen atoms in total. The molecule has 1 aromatic rings. The van der Waals surface area contributed by atoms with Crippen molar-refractivity contribution >= 4 is 11.6 Å². The molecule has 1 aromatic heterocycles. The van der Waals surface area contributed by atoms with Crippen LogP contribution in [0.1, 0.15) is 39.4 Å². The third-order valence-corrected chi connectivity index (χ3v) is 2.98. The van der Waals surface area contributed by atoms with E-state index in [1.165, 1.54) is 0 Å². The van der Waals surface area contributed by atoms with Crippen molar-refractivity contribution in [3.05, 3.63) is 17.0 Å². The highest BCUT2D eigenvalue weighted by Crippen LogP contribution is 2.23. The molecule has 0 spiro atoms. The minimum absolute atomic E-state index is 0.146. The molecule has 2 rings (SSSR count). The first-order chi connectivity index (χ1) is 8.45. The summed E-state index contributed by atoms with van der Waals surface area (Å²) in [6, 6.07) is 1.64. The summed E-state index contributed by atoms with van der Waals surface area (Å²) >= 11 is 5.99. The fraction of sp³-hybridized carbons (Fsp3) is 0.692. The maximum absolute atomic E-state index is 5.99. The summed E-state index contributed by atoms with van der Waals surface area (Å²) in [5.74, 6) is 1.22. The molecule has 2 heterocycles. The lowest BCUT2D eigenvalue weighted by Gasteiger charge is -2.18. The molecule has 5 heteroatoms. The van der Waals surface area contributed by atoms with E-state index in [1.54, 1.807) is 6.07 Å².